The molecular weight excluding hydrogens is 362 g/mol. The van der Waals surface area contributed by atoms with Crippen molar-refractivity contribution in [2.45, 2.75) is 20.0 Å². The van der Waals surface area contributed by atoms with Gasteiger partial charge >= 0.3 is 6.03 Å². The van der Waals surface area contributed by atoms with Crippen molar-refractivity contribution in [2.24, 2.45) is 0 Å². The molecule has 0 heterocycles. The van der Waals surface area contributed by atoms with Crippen molar-refractivity contribution in [1.82, 2.24) is 10.6 Å². The highest BCUT2D eigenvalue weighted by atomic mass is 16.5. The Morgan fingerprint density at radius 2 is 1.71 bits per heavy atom. The lowest BCUT2D eigenvalue weighted by Crippen LogP contribution is -2.45. The lowest BCUT2D eigenvalue weighted by molar-refractivity contribution is -0.126. The molecule has 0 fully saturated rings. The van der Waals surface area contributed by atoms with Crippen LogP contribution in [0.5, 0.6) is 11.5 Å². The van der Waals surface area contributed by atoms with Crippen LogP contribution >= 0.6 is 0 Å². The Balaban J connectivity index is 1.95. The van der Waals surface area contributed by atoms with Crippen LogP contribution in [0.1, 0.15) is 24.2 Å². The summed E-state index contributed by atoms with van der Waals surface area (Å²) in [4.78, 5) is 35.7. The van der Waals surface area contributed by atoms with Crippen LogP contribution in [-0.4, -0.2) is 37.6 Å². The Morgan fingerprint density at radius 3 is 2.36 bits per heavy atom. The zero-order valence-electron chi connectivity index (χ0n) is 15.9. The van der Waals surface area contributed by atoms with E-state index in [2.05, 4.69) is 16.0 Å². The fourth-order valence-corrected chi connectivity index (χ4v) is 2.32. The van der Waals surface area contributed by atoms with Gasteiger partial charge in [0.25, 0.3) is 11.8 Å². The number of urea groups is 1. The van der Waals surface area contributed by atoms with Crippen molar-refractivity contribution >= 4 is 23.5 Å². The topological polar surface area (TPSA) is 106 Å². The highest BCUT2D eigenvalue weighted by Gasteiger charge is 2.17. The number of hydrogen-bond acceptors (Lipinski definition) is 5. The van der Waals surface area contributed by atoms with Crippen LogP contribution in [0.3, 0.4) is 0 Å². The highest BCUT2D eigenvalue weighted by Crippen LogP contribution is 2.21. The Morgan fingerprint density at radius 1 is 1.04 bits per heavy atom. The predicted molar refractivity (Wildman–Crippen MR) is 105 cm³/mol. The molecule has 148 valence electrons. The SMILES string of the molecule is CCNC(=O)NC(=O)C(C)Oc1ccc(NC(=O)c2ccccc2OC)cc1. The van der Waals surface area contributed by atoms with Gasteiger partial charge < -0.3 is 20.1 Å². The fraction of sp³-hybridized carbons (Fsp3) is 0.250. The predicted octanol–water partition coefficient (Wildman–Crippen LogP) is 2.56. The second-order valence-corrected chi connectivity index (χ2v) is 5.79. The number of methoxy groups -OCH3 is 1. The summed E-state index contributed by atoms with van der Waals surface area (Å²) in [5.41, 5.74) is 0.976. The normalized spacial score (nSPS) is 11.1. The summed E-state index contributed by atoms with van der Waals surface area (Å²) < 4.78 is 10.7. The Kier molecular flexibility index (Phi) is 7.38. The molecule has 28 heavy (non-hydrogen) atoms. The average molecular weight is 385 g/mol. The van der Waals surface area contributed by atoms with Gasteiger partial charge in [-0.2, -0.15) is 0 Å². The molecule has 0 saturated carbocycles. The summed E-state index contributed by atoms with van der Waals surface area (Å²) in [5.74, 6) is 0.0426. The average Bonchev–Trinajstić information content (AvgIpc) is 2.69. The van der Waals surface area contributed by atoms with Gasteiger partial charge in [-0.15, -0.1) is 0 Å². The molecule has 0 aliphatic heterocycles. The molecule has 0 aliphatic rings. The lowest BCUT2D eigenvalue weighted by atomic mass is 10.2. The van der Waals surface area contributed by atoms with Gasteiger partial charge in [0, 0.05) is 12.2 Å². The van der Waals surface area contributed by atoms with E-state index in [1.54, 1.807) is 55.5 Å². The number of amides is 4. The molecule has 1 atom stereocenters. The van der Waals surface area contributed by atoms with E-state index in [4.69, 9.17) is 9.47 Å². The third-order valence-corrected chi connectivity index (χ3v) is 3.72. The van der Waals surface area contributed by atoms with Gasteiger partial charge in [0.05, 0.1) is 12.7 Å². The van der Waals surface area contributed by atoms with E-state index < -0.39 is 18.0 Å². The number of benzene rings is 2. The van der Waals surface area contributed by atoms with Gasteiger partial charge in [-0.25, -0.2) is 4.79 Å². The van der Waals surface area contributed by atoms with E-state index in [0.717, 1.165) is 0 Å². The second-order valence-electron chi connectivity index (χ2n) is 5.79. The number of rotatable bonds is 7. The number of carbonyl (C=O) groups excluding carboxylic acids is 3. The summed E-state index contributed by atoms with van der Waals surface area (Å²) in [6.07, 6.45) is -0.864. The molecule has 4 amide bonds. The highest BCUT2D eigenvalue weighted by molar-refractivity contribution is 6.06. The summed E-state index contributed by atoms with van der Waals surface area (Å²) in [7, 11) is 1.50. The van der Waals surface area contributed by atoms with Gasteiger partial charge in [-0.3, -0.25) is 14.9 Å². The lowest BCUT2D eigenvalue weighted by Gasteiger charge is -2.15. The minimum Gasteiger partial charge on any atom is -0.496 e. The van der Waals surface area contributed by atoms with Gasteiger partial charge in [0.15, 0.2) is 6.10 Å². The molecule has 0 bridgehead atoms. The van der Waals surface area contributed by atoms with Gasteiger partial charge in [0.1, 0.15) is 11.5 Å². The van der Waals surface area contributed by atoms with Crippen molar-refractivity contribution in [3.8, 4) is 11.5 Å². The quantitative estimate of drug-likeness (QED) is 0.679. The number of hydrogen-bond donors (Lipinski definition) is 3. The fourth-order valence-electron chi connectivity index (χ4n) is 2.32. The molecule has 0 radical (unpaired) electrons. The van der Waals surface area contributed by atoms with E-state index in [9.17, 15) is 14.4 Å². The molecular formula is C20H23N3O5. The maximum Gasteiger partial charge on any atom is 0.321 e. The van der Waals surface area contributed by atoms with E-state index >= 15 is 0 Å². The Hall–Kier alpha value is -3.55. The molecule has 2 rings (SSSR count). The van der Waals surface area contributed by atoms with Crippen molar-refractivity contribution < 1.29 is 23.9 Å². The number of imide groups is 1. The summed E-state index contributed by atoms with van der Waals surface area (Å²) >= 11 is 0. The summed E-state index contributed by atoms with van der Waals surface area (Å²) in [6.45, 7) is 3.69. The first kappa shape index (κ1) is 20.8. The molecule has 8 heteroatoms. The zero-order valence-corrected chi connectivity index (χ0v) is 15.9. The summed E-state index contributed by atoms with van der Waals surface area (Å²) in [6, 6.07) is 12.9. The van der Waals surface area contributed by atoms with Crippen molar-refractivity contribution in [2.75, 3.05) is 19.0 Å². The first-order chi connectivity index (χ1) is 13.4. The zero-order chi connectivity index (χ0) is 20.5. The smallest absolute Gasteiger partial charge is 0.321 e. The molecule has 8 nitrogen and oxygen atoms in total. The number of para-hydroxylation sites is 1. The van der Waals surface area contributed by atoms with E-state index in [1.165, 1.54) is 14.0 Å². The summed E-state index contributed by atoms with van der Waals surface area (Å²) in [5, 5.41) is 7.42. The standard InChI is InChI=1S/C20H23N3O5/c1-4-21-20(26)23-18(24)13(2)28-15-11-9-14(10-12-15)22-19(25)16-7-5-6-8-17(16)27-3/h5-13H,4H2,1-3H3,(H,22,25)(H2,21,23,24,26). The first-order valence-corrected chi connectivity index (χ1v) is 8.74. The third-order valence-electron chi connectivity index (χ3n) is 3.72. The van der Waals surface area contributed by atoms with Gasteiger partial charge in [0.2, 0.25) is 0 Å². The molecule has 0 aromatic heterocycles. The monoisotopic (exact) mass is 385 g/mol. The Bertz CT molecular complexity index is 836. The largest absolute Gasteiger partial charge is 0.496 e. The third kappa shape index (κ3) is 5.73. The van der Waals surface area contributed by atoms with Crippen LogP contribution < -0.4 is 25.4 Å². The van der Waals surface area contributed by atoms with Crippen LogP contribution in [0.15, 0.2) is 48.5 Å². The Labute approximate surface area is 163 Å². The molecule has 0 saturated heterocycles. The minimum atomic E-state index is -0.864. The van der Waals surface area contributed by atoms with Crippen molar-refractivity contribution in [3.63, 3.8) is 0 Å². The maximum atomic E-state index is 12.4. The van der Waals surface area contributed by atoms with Crippen LogP contribution in [0, 0.1) is 0 Å². The minimum absolute atomic E-state index is 0.305. The molecule has 0 spiro atoms. The van der Waals surface area contributed by atoms with E-state index in [1.807, 2.05) is 0 Å². The van der Waals surface area contributed by atoms with Gasteiger partial charge in [-0.1, -0.05) is 12.1 Å². The number of nitrogens with one attached hydrogen (secondary N) is 3. The molecule has 2 aromatic carbocycles. The number of carbonyl (C=O) groups is 3. The first-order valence-electron chi connectivity index (χ1n) is 8.74. The second kappa shape index (κ2) is 9.96. The number of anilines is 1. The van der Waals surface area contributed by atoms with Crippen molar-refractivity contribution in [3.05, 3.63) is 54.1 Å². The van der Waals surface area contributed by atoms with Crippen LogP contribution in [0.2, 0.25) is 0 Å². The van der Waals surface area contributed by atoms with Crippen LogP contribution in [0.4, 0.5) is 10.5 Å². The molecule has 2 aromatic rings. The van der Waals surface area contributed by atoms with Crippen LogP contribution in [0.25, 0.3) is 0 Å². The molecule has 1 unspecified atom stereocenters. The maximum absolute atomic E-state index is 12.4. The molecule has 0 aliphatic carbocycles. The van der Waals surface area contributed by atoms with E-state index in [0.29, 0.717) is 29.3 Å². The van der Waals surface area contributed by atoms with E-state index in [-0.39, 0.29) is 5.91 Å². The van der Waals surface area contributed by atoms with Crippen molar-refractivity contribution in [1.29, 1.82) is 0 Å². The van der Waals surface area contributed by atoms with Crippen LogP contribution in [-0.2, 0) is 4.79 Å². The molecule has 3 N–H and O–H groups in total. The van der Waals surface area contributed by atoms with Gasteiger partial charge in [-0.05, 0) is 50.2 Å². The number of ether oxygens (including phenoxy) is 2.